The molecule has 1 aliphatic rings. The van der Waals surface area contributed by atoms with E-state index in [1.165, 1.54) is 25.7 Å². The Hall–Kier alpha value is -2.12. The molecule has 1 heteroatoms. The van der Waals surface area contributed by atoms with Crippen LogP contribution in [0, 0.1) is 0 Å². The van der Waals surface area contributed by atoms with Crippen LogP contribution >= 0.6 is 0 Å². The lowest BCUT2D eigenvalue weighted by Gasteiger charge is -2.39. The van der Waals surface area contributed by atoms with Crippen LogP contribution in [0.2, 0.25) is 5.54 Å². The first kappa shape index (κ1) is 15.4. The molecular weight excluding hydrogens is 304 g/mol. The predicted molar refractivity (Wildman–Crippen MR) is 106 cm³/mol. The minimum Gasteiger partial charge on any atom is -0.0624 e. The highest BCUT2D eigenvalue weighted by Gasteiger charge is 2.46. The van der Waals surface area contributed by atoms with Crippen molar-refractivity contribution in [1.82, 2.24) is 0 Å². The fraction of sp³-hybridized carbons (Fsp3) is 0.217. The Kier molecular flexibility index (Phi) is 4.35. The van der Waals surface area contributed by atoms with E-state index in [2.05, 4.69) is 91.0 Å². The van der Waals surface area contributed by atoms with Gasteiger partial charge in [-0.1, -0.05) is 117 Å². The number of rotatable bonds is 4. The summed E-state index contributed by atoms with van der Waals surface area (Å²) in [5.74, 6) is 0. The van der Waals surface area contributed by atoms with Crippen LogP contribution in [0.1, 0.15) is 25.7 Å². The van der Waals surface area contributed by atoms with Crippen molar-refractivity contribution in [2.75, 3.05) is 0 Å². The zero-order chi connectivity index (χ0) is 16.2. The van der Waals surface area contributed by atoms with Crippen LogP contribution in [-0.4, -0.2) is 8.07 Å². The molecule has 120 valence electrons. The van der Waals surface area contributed by atoms with Crippen molar-refractivity contribution in [3.05, 3.63) is 91.0 Å². The normalized spacial score (nSPS) is 15.5. The molecule has 0 bridgehead atoms. The summed E-state index contributed by atoms with van der Waals surface area (Å²) in [7, 11) is -1.99. The molecule has 0 saturated heterocycles. The molecule has 0 amide bonds. The van der Waals surface area contributed by atoms with Gasteiger partial charge in [0, 0.05) is 0 Å². The third-order valence-electron chi connectivity index (χ3n) is 5.65. The quantitative estimate of drug-likeness (QED) is 0.500. The summed E-state index contributed by atoms with van der Waals surface area (Å²) in [5.41, 5.74) is 0.796. The summed E-state index contributed by atoms with van der Waals surface area (Å²) in [5, 5.41) is 4.69. The standard InChI is InChI=1S/C23H24Si/c1-4-12-20(13-5-1)24(23-18-10-11-19-23,21-14-6-2-7-15-21)22-16-8-3-9-17-22/h1-9,12-17,23H,10-11,18-19H2. The van der Waals surface area contributed by atoms with E-state index in [0.717, 1.165) is 5.54 Å². The van der Waals surface area contributed by atoms with Crippen molar-refractivity contribution in [3.63, 3.8) is 0 Å². The third kappa shape index (κ3) is 2.53. The SMILES string of the molecule is c1ccc([Si](c2ccccc2)(c2ccccc2)C2CCCC2)cc1. The highest BCUT2D eigenvalue weighted by molar-refractivity contribution is 7.12. The van der Waals surface area contributed by atoms with Gasteiger partial charge in [-0.15, -0.1) is 0 Å². The van der Waals surface area contributed by atoms with Crippen molar-refractivity contribution in [1.29, 1.82) is 0 Å². The second-order valence-electron chi connectivity index (χ2n) is 6.89. The molecule has 1 saturated carbocycles. The van der Waals surface area contributed by atoms with Crippen molar-refractivity contribution in [2.45, 2.75) is 31.2 Å². The van der Waals surface area contributed by atoms with E-state index in [0.29, 0.717) is 0 Å². The molecule has 0 radical (unpaired) electrons. The molecule has 3 aromatic rings. The minimum absolute atomic E-state index is 0.796. The molecule has 0 atom stereocenters. The van der Waals surface area contributed by atoms with Crippen LogP contribution in [0.4, 0.5) is 0 Å². The van der Waals surface area contributed by atoms with Gasteiger partial charge in [0.25, 0.3) is 0 Å². The molecule has 4 rings (SSSR count). The van der Waals surface area contributed by atoms with Crippen molar-refractivity contribution >= 4 is 23.6 Å². The van der Waals surface area contributed by atoms with Gasteiger partial charge < -0.3 is 0 Å². The van der Waals surface area contributed by atoms with E-state index in [9.17, 15) is 0 Å². The average molecular weight is 329 g/mol. The largest absolute Gasteiger partial charge is 0.151 e. The lowest BCUT2D eigenvalue weighted by atomic mass is 10.3. The molecule has 0 unspecified atom stereocenters. The molecule has 0 spiro atoms. The van der Waals surface area contributed by atoms with E-state index in [-0.39, 0.29) is 0 Å². The van der Waals surface area contributed by atoms with Gasteiger partial charge in [-0.05, 0) is 21.1 Å². The maximum atomic E-state index is 2.38. The van der Waals surface area contributed by atoms with Crippen LogP contribution in [0.25, 0.3) is 0 Å². The maximum absolute atomic E-state index is 2.38. The minimum atomic E-state index is -1.99. The molecule has 0 heterocycles. The highest BCUT2D eigenvalue weighted by Crippen LogP contribution is 2.38. The maximum Gasteiger partial charge on any atom is 0.151 e. The average Bonchev–Trinajstić information content (AvgIpc) is 3.20. The Morgan fingerprint density at radius 2 is 0.833 bits per heavy atom. The van der Waals surface area contributed by atoms with Gasteiger partial charge >= 0.3 is 0 Å². The predicted octanol–water partition coefficient (Wildman–Crippen LogP) is 4.10. The van der Waals surface area contributed by atoms with Gasteiger partial charge in [-0.3, -0.25) is 0 Å². The lowest BCUT2D eigenvalue weighted by molar-refractivity contribution is 0.854. The zero-order valence-corrected chi connectivity index (χ0v) is 15.1. The summed E-state index contributed by atoms with van der Waals surface area (Å²) in [6.45, 7) is 0. The molecular formula is C23H24Si. The Morgan fingerprint density at radius 1 is 0.500 bits per heavy atom. The van der Waals surface area contributed by atoms with E-state index >= 15 is 0 Å². The first-order valence-electron chi connectivity index (χ1n) is 9.09. The van der Waals surface area contributed by atoms with Gasteiger partial charge in [0.2, 0.25) is 0 Å². The number of hydrogen-bond donors (Lipinski definition) is 0. The first-order valence-corrected chi connectivity index (χ1v) is 11.2. The molecule has 1 aliphatic carbocycles. The molecule has 1 fully saturated rings. The van der Waals surface area contributed by atoms with Crippen molar-refractivity contribution in [2.24, 2.45) is 0 Å². The molecule has 0 aliphatic heterocycles. The fourth-order valence-corrected chi connectivity index (χ4v) is 10.5. The van der Waals surface area contributed by atoms with Gasteiger partial charge in [0.1, 0.15) is 0 Å². The fourth-order valence-electron chi connectivity index (χ4n) is 4.67. The summed E-state index contributed by atoms with van der Waals surface area (Å²) >= 11 is 0. The summed E-state index contributed by atoms with van der Waals surface area (Å²) in [6.07, 6.45) is 5.49. The molecule has 0 N–H and O–H groups in total. The Bertz CT molecular complexity index is 662. The zero-order valence-electron chi connectivity index (χ0n) is 14.1. The van der Waals surface area contributed by atoms with Crippen molar-refractivity contribution in [3.8, 4) is 0 Å². The topological polar surface area (TPSA) is 0 Å². The molecule has 0 aromatic heterocycles. The van der Waals surface area contributed by atoms with Crippen LogP contribution in [0.3, 0.4) is 0 Å². The number of hydrogen-bond acceptors (Lipinski definition) is 0. The van der Waals surface area contributed by atoms with Crippen LogP contribution in [-0.2, 0) is 0 Å². The Labute approximate surface area is 146 Å². The second-order valence-corrected chi connectivity index (χ2v) is 11.1. The van der Waals surface area contributed by atoms with Crippen LogP contribution in [0.5, 0.6) is 0 Å². The van der Waals surface area contributed by atoms with Gasteiger partial charge in [-0.2, -0.15) is 0 Å². The summed E-state index contributed by atoms with van der Waals surface area (Å²) in [6, 6.07) is 34.0. The number of benzene rings is 3. The monoisotopic (exact) mass is 328 g/mol. The van der Waals surface area contributed by atoms with E-state index in [4.69, 9.17) is 0 Å². The van der Waals surface area contributed by atoms with Crippen LogP contribution in [0.15, 0.2) is 91.0 Å². The van der Waals surface area contributed by atoms with Gasteiger partial charge in [-0.25, -0.2) is 0 Å². The second kappa shape index (κ2) is 6.78. The Balaban J connectivity index is 2.03. The summed E-state index contributed by atoms with van der Waals surface area (Å²) in [4.78, 5) is 0. The Morgan fingerprint density at radius 3 is 1.17 bits per heavy atom. The van der Waals surface area contributed by atoms with E-state index < -0.39 is 8.07 Å². The van der Waals surface area contributed by atoms with E-state index in [1.807, 2.05) is 0 Å². The van der Waals surface area contributed by atoms with Gasteiger partial charge in [0.15, 0.2) is 8.07 Å². The smallest absolute Gasteiger partial charge is 0.0624 e. The first-order chi connectivity index (χ1) is 11.9. The van der Waals surface area contributed by atoms with Crippen LogP contribution < -0.4 is 15.6 Å². The molecule has 3 aromatic carbocycles. The van der Waals surface area contributed by atoms with E-state index in [1.54, 1.807) is 15.6 Å². The van der Waals surface area contributed by atoms with Crippen molar-refractivity contribution < 1.29 is 0 Å². The molecule has 24 heavy (non-hydrogen) atoms. The van der Waals surface area contributed by atoms with Gasteiger partial charge in [0.05, 0.1) is 0 Å². The highest BCUT2D eigenvalue weighted by atomic mass is 28.3. The third-order valence-corrected chi connectivity index (χ3v) is 11.2. The summed E-state index contributed by atoms with van der Waals surface area (Å²) < 4.78 is 0. The lowest BCUT2D eigenvalue weighted by Crippen LogP contribution is -2.69. The molecule has 0 nitrogen and oxygen atoms in total.